The molecular formula is C18H22N2O5S. The third-order valence-electron chi connectivity index (χ3n) is 3.87. The molecule has 0 saturated carbocycles. The van der Waals surface area contributed by atoms with Gasteiger partial charge in [-0.15, -0.1) is 0 Å². The zero-order valence-electron chi connectivity index (χ0n) is 14.7. The third kappa shape index (κ3) is 6.17. The smallest absolute Gasteiger partial charge is 0.229 e. The number of imide groups is 1. The van der Waals surface area contributed by atoms with Crippen LogP contribution in [0.1, 0.15) is 24.8 Å². The molecule has 2 rings (SSSR count). The van der Waals surface area contributed by atoms with E-state index in [0.717, 1.165) is 16.2 Å². The van der Waals surface area contributed by atoms with E-state index < -0.39 is 10.0 Å². The van der Waals surface area contributed by atoms with Crippen LogP contribution in [0.2, 0.25) is 0 Å². The average Bonchev–Trinajstić information content (AvgIpc) is 2.59. The molecule has 0 bridgehead atoms. The summed E-state index contributed by atoms with van der Waals surface area (Å²) in [7, 11) is -3.61. The number of hydrogen-bond donors (Lipinski definition) is 1. The Bertz CT molecular complexity index is 807. The molecule has 1 N–H and O–H groups in total. The van der Waals surface area contributed by atoms with Crippen LogP contribution in [-0.2, 0) is 19.6 Å². The van der Waals surface area contributed by atoms with E-state index >= 15 is 0 Å². The summed E-state index contributed by atoms with van der Waals surface area (Å²) in [5, 5.41) is 0. The van der Waals surface area contributed by atoms with Crippen molar-refractivity contribution >= 4 is 21.8 Å². The highest BCUT2D eigenvalue weighted by Crippen LogP contribution is 2.15. The number of piperidine rings is 1. The highest BCUT2D eigenvalue weighted by Gasteiger charge is 2.26. The molecule has 1 saturated heterocycles. The van der Waals surface area contributed by atoms with Crippen molar-refractivity contribution in [3.05, 3.63) is 29.8 Å². The van der Waals surface area contributed by atoms with Gasteiger partial charge in [0.1, 0.15) is 12.4 Å². The number of nitrogens with zero attached hydrogens (tertiary/aromatic N) is 1. The van der Waals surface area contributed by atoms with Crippen molar-refractivity contribution in [2.24, 2.45) is 0 Å². The lowest BCUT2D eigenvalue weighted by atomic mass is 10.1. The zero-order valence-corrected chi connectivity index (χ0v) is 15.5. The number of para-hydroxylation sites is 1. The Kier molecular flexibility index (Phi) is 7.18. The van der Waals surface area contributed by atoms with Crippen LogP contribution in [-0.4, -0.2) is 50.6 Å². The Morgan fingerprint density at radius 2 is 1.85 bits per heavy atom. The van der Waals surface area contributed by atoms with Crippen LogP contribution in [0.4, 0.5) is 0 Å². The molecule has 1 aliphatic rings. The first kappa shape index (κ1) is 19.9. The summed E-state index contributed by atoms with van der Waals surface area (Å²) in [6.07, 6.45) is 1.09. The second-order valence-corrected chi connectivity index (χ2v) is 7.77. The highest BCUT2D eigenvalue weighted by molar-refractivity contribution is 7.89. The Labute approximate surface area is 153 Å². The first-order chi connectivity index (χ1) is 12.4. The van der Waals surface area contributed by atoms with Gasteiger partial charge >= 0.3 is 0 Å². The molecule has 0 spiro atoms. The Morgan fingerprint density at radius 3 is 2.54 bits per heavy atom. The molecule has 0 aromatic heterocycles. The molecule has 1 heterocycles. The summed E-state index contributed by atoms with van der Waals surface area (Å²) in [5.74, 6) is 5.19. The number of ether oxygens (including phenoxy) is 1. The molecule has 0 radical (unpaired) electrons. The number of hydrogen-bond acceptors (Lipinski definition) is 5. The fourth-order valence-electron chi connectivity index (χ4n) is 2.42. The van der Waals surface area contributed by atoms with Gasteiger partial charge in [0.05, 0.1) is 12.3 Å². The minimum Gasteiger partial charge on any atom is -0.481 e. The zero-order chi connectivity index (χ0) is 19.0. The summed E-state index contributed by atoms with van der Waals surface area (Å²) in [4.78, 5) is 24.3. The monoisotopic (exact) mass is 378 g/mol. The van der Waals surface area contributed by atoms with E-state index in [0.29, 0.717) is 6.42 Å². The molecular weight excluding hydrogens is 356 g/mol. The minimum absolute atomic E-state index is 0.0542. The highest BCUT2D eigenvalue weighted by atomic mass is 32.2. The maximum absolute atomic E-state index is 11.9. The molecule has 7 nitrogen and oxygen atoms in total. The summed E-state index contributed by atoms with van der Waals surface area (Å²) in [6, 6.07) is 7.53. The third-order valence-corrected chi connectivity index (χ3v) is 5.17. The van der Waals surface area contributed by atoms with Crippen LogP contribution in [0.5, 0.6) is 5.75 Å². The van der Waals surface area contributed by atoms with Crippen LogP contribution in [0, 0.1) is 18.8 Å². The molecule has 26 heavy (non-hydrogen) atoms. The van der Waals surface area contributed by atoms with E-state index in [-0.39, 0.29) is 50.1 Å². The van der Waals surface area contributed by atoms with Crippen LogP contribution in [0.15, 0.2) is 24.3 Å². The maximum Gasteiger partial charge on any atom is 0.229 e. The van der Waals surface area contributed by atoms with Gasteiger partial charge in [-0.3, -0.25) is 14.5 Å². The first-order valence-corrected chi connectivity index (χ1v) is 9.99. The van der Waals surface area contributed by atoms with Gasteiger partial charge in [0.2, 0.25) is 21.8 Å². The number of carbonyl (C=O) groups is 2. The quantitative estimate of drug-likeness (QED) is 0.561. The van der Waals surface area contributed by atoms with Crippen molar-refractivity contribution < 1.29 is 22.7 Å². The van der Waals surface area contributed by atoms with Crippen LogP contribution < -0.4 is 9.46 Å². The van der Waals surface area contributed by atoms with E-state index in [2.05, 4.69) is 16.6 Å². The van der Waals surface area contributed by atoms with Crippen LogP contribution in [0.3, 0.4) is 0 Å². The number of amides is 2. The summed E-state index contributed by atoms with van der Waals surface area (Å²) in [6.45, 7) is 1.90. The Morgan fingerprint density at radius 1 is 1.15 bits per heavy atom. The van der Waals surface area contributed by atoms with E-state index in [1.807, 2.05) is 31.2 Å². The fourth-order valence-corrected chi connectivity index (χ4v) is 3.28. The summed E-state index contributed by atoms with van der Waals surface area (Å²) in [5.41, 5.74) is 0.997. The van der Waals surface area contributed by atoms with Crippen molar-refractivity contribution in [2.45, 2.75) is 26.2 Å². The van der Waals surface area contributed by atoms with Crippen LogP contribution in [0.25, 0.3) is 0 Å². The van der Waals surface area contributed by atoms with E-state index in [9.17, 15) is 18.0 Å². The molecule has 0 atom stereocenters. The molecule has 2 amide bonds. The van der Waals surface area contributed by atoms with Gasteiger partial charge in [-0.25, -0.2) is 13.1 Å². The van der Waals surface area contributed by atoms with Gasteiger partial charge in [0, 0.05) is 19.4 Å². The lowest BCUT2D eigenvalue weighted by Crippen LogP contribution is -2.44. The number of sulfonamides is 1. The van der Waals surface area contributed by atoms with Gasteiger partial charge in [-0.1, -0.05) is 30.0 Å². The van der Waals surface area contributed by atoms with E-state index in [4.69, 9.17) is 4.74 Å². The standard InChI is InChI=1S/C18H22N2O5S/c1-15-7-2-3-8-16(15)25-13-5-4-11-19-26(23,24)14-12-20-17(21)9-6-10-18(20)22/h2-3,7-8,19H,6,9-14H2,1H3. The second-order valence-electron chi connectivity index (χ2n) is 5.84. The number of nitrogens with one attached hydrogen (secondary N) is 1. The Hall–Kier alpha value is -2.37. The molecule has 140 valence electrons. The molecule has 1 fully saturated rings. The molecule has 1 aliphatic heterocycles. The van der Waals surface area contributed by atoms with Crippen molar-refractivity contribution in [3.8, 4) is 17.6 Å². The average molecular weight is 378 g/mol. The Balaban J connectivity index is 1.72. The molecule has 1 aromatic carbocycles. The van der Waals surface area contributed by atoms with Crippen molar-refractivity contribution in [2.75, 3.05) is 25.4 Å². The lowest BCUT2D eigenvalue weighted by molar-refractivity contribution is -0.147. The number of aryl methyl sites for hydroxylation is 1. The number of benzene rings is 1. The van der Waals surface area contributed by atoms with Crippen molar-refractivity contribution in [1.82, 2.24) is 9.62 Å². The normalized spacial score (nSPS) is 14.7. The summed E-state index contributed by atoms with van der Waals surface area (Å²) >= 11 is 0. The van der Waals surface area contributed by atoms with E-state index in [1.165, 1.54) is 0 Å². The van der Waals surface area contributed by atoms with Crippen LogP contribution >= 0.6 is 0 Å². The number of rotatable bonds is 7. The molecule has 0 aliphatic carbocycles. The summed E-state index contributed by atoms with van der Waals surface area (Å²) < 4.78 is 31.7. The fraction of sp³-hybridized carbons (Fsp3) is 0.444. The molecule has 0 unspecified atom stereocenters. The van der Waals surface area contributed by atoms with Gasteiger partial charge in [0.25, 0.3) is 0 Å². The largest absolute Gasteiger partial charge is 0.481 e. The van der Waals surface area contributed by atoms with Crippen molar-refractivity contribution in [3.63, 3.8) is 0 Å². The number of likely N-dealkylation sites (tertiary alicyclic amines) is 1. The topological polar surface area (TPSA) is 92.8 Å². The maximum atomic E-state index is 11.9. The predicted octanol–water partition coefficient (Wildman–Crippen LogP) is 0.836. The predicted molar refractivity (Wildman–Crippen MR) is 96.8 cm³/mol. The molecule has 1 aromatic rings. The molecule has 8 heteroatoms. The minimum atomic E-state index is -3.61. The lowest BCUT2D eigenvalue weighted by Gasteiger charge is -2.24. The first-order valence-electron chi connectivity index (χ1n) is 8.34. The number of carbonyl (C=O) groups excluding carboxylic acids is 2. The van der Waals surface area contributed by atoms with Gasteiger partial charge in [-0.2, -0.15) is 0 Å². The van der Waals surface area contributed by atoms with Gasteiger partial charge < -0.3 is 4.74 Å². The van der Waals surface area contributed by atoms with Gasteiger partial charge in [0.15, 0.2) is 0 Å². The van der Waals surface area contributed by atoms with Crippen molar-refractivity contribution in [1.29, 1.82) is 0 Å². The van der Waals surface area contributed by atoms with Gasteiger partial charge in [-0.05, 0) is 25.0 Å². The van der Waals surface area contributed by atoms with E-state index in [1.54, 1.807) is 0 Å². The SMILES string of the molecule is Cc1ccccc1OCC#CCNS(=O)(=O)CCN1C(=O)CCCC1=O. The second kappa shape index (κ2) is 9.36.